The predicted octanol–water partition coefficient (Wildman–Crippen LogP) is 5.78. The summed E-state index contributed by atoms with van der Waals surface area (Å²) >= 11 is 8.28. The van der Waals surface area contributed by atoms with Crippen molar-refractivity contribution in [1.29, 1.82) is 0 Å². The van der Waals surface area contributed by atoms with E-state index in [1.54, 1.807) is 18.7 Å². The second kappa shape index (κ2) is 9.21. The second-order valence-corrected chi connectivity index (χ2v) is 10.1. The molecule has 7 nitrogen and oxygen atoms in total. The third-order valence-electron chi connectivity index (χ3n) is 5.34. The third kappa shape index (κ3) is 4.08. The first-order chi connectivity index (χ1) is 16.5. The van der Waals surface area contributed by atoms with E-state index < -0.39 is 0 Å². The van der Waals surface area contributed by atoms with E-state index in [0.717, 1.165) is 22.7 Å². The van der Waals surface area contributed by atoms with Crippen molar-refractivity contribution in [2.24, 2.45) is 7.05 Å². The number of benzene rings is 2. The van der Waals surface area contributed by atoms with E-state index in [1.807, 2.05) is 66.1 Å². The molecule has 34 heavy (non-hydrogen) atoms. The predicted molar refractivity (Wildman–Crippen MR) is 138 cm³/mol. The van der Waals surface area contributed by atoms with Gasteiger partial charge in [0, 0.05) is 24.4 Å². The summed E-state index contributed by atoms with van der Waals surface area (Å²) < 4.78 is 15.7. The van der Waals surface area contributed by atoms with Gasteiger partial charge in [-0.2, -0.15) is 0 Å². The molecule has 0 saturated heterocycles. The zero-order valence-electron chi connectivity index (χ0n) is 18.6. The SMILES string of the molecule is COc1cccc(-n2c(=S)sc3c(=O)n(C)c(SCc4nc(-c5ccccc5)oc4C)nc32)c1. The van der Waals surface area contributed by atoms with Crippen molar-refractivity contribution >= 4 is 45.7 Å². The van der Waals surface area contributed by atoms with E-state index in [2.05, 4.69) is 4.98 Å². The molecule has 0 unspecified atom stereocenters. The summed E-state index contributed by atoms with van der Waals surface area (Å²) in [7, 11) is 3.34. The molecule has 0 aliphatic heterocycles. The highest BCUT2D eigenvalue weighted by Gasteiger charge is 2.18. The topological polar surface area (TPSA) is 75.1 Å². The van der Waals surface area contributed by atoms with Crippen LogP contribution in [0.3, 0.4) is 0 Å². The summed E-state index contributed by atoms with van der Waals surface area (Å²) in [4.78, 5) is 22.6. The van der Waals surface area contributed by atoms with Gasteiger partial charge in [-0.25, -0.2) is 9.97 Å². The highest BCUT2D eigenvalue weighted by molar-refractivity contribution is 7.98. The van der Waals surface area contributed by atoms with Crippen molar-refractivity contribution in [1.82, 2.24) is 19.1 Å². The maximum atomic E-state index is 13.1. The number of aromatic nitrogens is 4. The van der Waals surface area contributed by atoms with Crippen LogP contribution in [0.4, 0.5) is 0 Å². The minimum absolute atomic E-state index is 0.132. The number of oxazole rings is 1. The number of hydrogen-bond donors (Lipinski definition) is 0. The van der Waals surface area contributed by atoms with Crippen LogP contribution in [0, 0.1) is 10.9 Å². The van der Waals surface area contributed by atoms with Gasteiger partial charge in [-0.15, -0.1) is 0 Å². The van der Waals surface area contributed by atoms with Crippen LogP contribution in [0.2, 0.25) is 0 Å². The number of aryl methyl sites for hydroxylation is 1. The number of thiazole rings is 1. The normalized spacial score (nSPS) is 11.3. The van der Waals surface area contributed by atoms with Crippen LogP contribution in [0.15, 0.2) is 69.0 Å². The summed E-state index contributed by atoms with van der Waals surface area (Å²) in [6.07, 6.45) is 0. The third-order valence-corrected chi connectivity index (χ3v) is 7.73. The fourth-order valence-corrected chi connectivity index (χ4v) is 5.83. The molecule has 0 aliphatic carbocycles. The highest BCUT2D eigenvalue weighted by atomic mass is 32.2. The van der Waals surface area contributed by atoms with Crippen molar-refractivity contribution in [2.45, 2.75) is 17.8 Å². The number of fused-ring (bicyclic) bond motifs is 1. The summed E-state index contributed by atoms with van der Waals surface area (Å²) in [5, 5.41) is 0.575. The lowest BCUT2D eigenvalue weighted by Gasteiger charge is -2.09. The highest BCUT2D eigenvalue weighted by Crippen LogP contribution is 2.29. The first-order valence-corrected chi connectivity index (χ1v) is 12.6. The van der Waals surface area contributed by atoms with E-state index in [1.165, 1.54) is 23.1 Å². The van der Waals surface area contributed by atoms with E-state index in [-0.39, 0.29) is 5.56 Å². The number of methoxy groups -OCH3 is 1. The minimum atomic E-state index is -0.132. The summed E-state index contributed by atoms with van der Waals surface area (Å²) in [6, 6.07) is 17.3. The Balaban J connectivity index is 1.52. The van der Waals surface area contributed by atoms with Gasteiger partial charge >= 0.3 is 0 Å². The Hall–Kier alpha value is -3.21. The Morgan fingerprint density at radius 3 is 2.71 bits per heavy atom. The smallest absolute Gasteiger partial charge is 0.273 e. The molecule has 5 rings (SSSR count). The summed E-state index contributed by atoms with van der Waals surface area (Å²) in [5.74, 6) is 2.54. The van der Waals surface area contributed by atoms with Gasteiger partial charge in [0.1, 0.15) is 16.2 Å². The molecule has 3 aromatic heterocycles. The number of thioether (sulfide) groups is 1. The zero-order chi connectivity index (χ0) is 23.8. The lowest BCUT2D eigenvalue weighted by Crippen LogP contribution is -2.19. The monoisotopic (exact) mass is 508 g/mol. The van der Waals surface area contributed by atoms with Gasteiger partial charge in [0.05, 0.1) is 18.5 Å². The van der Waals surface area contributed by atoms with Crippen molar-refractivity contribution in [2.75, 3.05) is 7.11 Å². The Bertz CT molecular complexity index is 1620. The van der Waals surface area contributed by atoms with Gasteiger partial charge in [0.15, 0.2) is 14.8 Å². The van der Waals surface area contributed by atoms with Crippen LogP contribution in [0.1, 0.15) is 11.5 Å². The van der Waals surface area contributed by atoms with E-state index in [9.17, 15) is 4.79 Å². The molecule has 172 valence electrons. The van der Waals surface area contributed by atoms with Crippen LogP contribution in [0.5, 0.6) is 5.75 Å². The molecule has 0 atom stereocenters. The Labute approximate surface area is 208 Å². The van der Waals surface area contributed by atoms with Gasteiger partial charge in [0.2, 0.25) is 5.89 Å². The maximum absolute atomic E-state index is 13.1. The quantitative estimate of drug-likeness (QED) is 0.163. The second-order valence-electron chi connectivity index (χ2n) is 7.49. The number of ether oxygens (including phenoxy) is 1. The zero-order valence-corrected chi connectivity index (χ0v) is 21.1. The molecule has 5 aromatic rings. The van der Waals surface area contributed by atoms with Crippen LogP contribution >= 0.6 is 35.3 Å². The van der Waals surface area contributed by atoms with E-state index in [0.29, 0.717) is 36.9 Å². The van der Waals surface area contributed by atoms with Crippen LogP contribution in [-0.4, -0.2) is 26.2 Å². The first kappa shape index (κ1) is 22.6. The molecule has 0 radical (unpaired) electrons. The van der Waals surface area contributed by atoms with Crippen molar-refractivity contribution in [3.63, 3.8) is 0 Å². The van der Waals surface area contributed by atoms with Gasteiger partial charge in [-0.05, 0) is 43.4 Å². The fraction of sp³-hybridized carbons (Fsp3) is 0.167. The minimum Gasteiger partial charge on any atom is -0.497 e. The molecule has 0 saturated carbocycles. The molecule has 0 spiro atoms. The van der Waals surface area contributed by atoms with Crippen molar-refractivity contribution in [3.05, 3.63) is 80.4 Å². The van der Waals surface area contributed by atoms with Crippen molar-refractivity contribution in [3.8, 4) is 22.9 Å². The molecular formula is C24H20N4O3S3. The lowest BCUT2D eigenvalue weighted by molar-refractivity contribution is 0.414. The molecule has 10 heteroatoms. The average molecular weight is 509 g/mol. The number of nitrogens with zero attached hydrogens (tertiary/aromatic N) is 4. The summed E-state index contributed by atoms with van der Waals surface area (Å²) in [6.45, 7) is 1.89. The largest absolute Gasteiger partial charge is 0.497 e. The van der Waals surface area contributed by atoms with Gasteiger partial charge in [-0.1, -0.05) is 47.4 Å². The first-order valence-electron chi connectivity index (χ1n) is 10.4. The summed E-state index contributed by atoms with van der Waals surface area (Å²) in [5.41, 5.74) is 2.94. The van der Waals surface area contributed by atoms with Crippen LogP contribution in [-0.2, 0) is 12.8 Å². The van der Waals surface area contributed by atoms with E-state index >= 15 is 0 Å². The Morgan fingerprint density at radius 2 is 1.94 bits per heavy atom. The van der Waals surface area contributed by atoms with E-state index in [4.69, 9.17) is 26.4 Å². The van der Waals surface area contributed by atoms with Crippen LogP contribution in [0.25, 0.3) is 27.5 Å². The molecule has 0 amide bonds. The maximum Gasteiger partial charge on any atom is 0.273 e. The fourth-order valence-electron chi connectivity index (χ4n) is 3.52. The van der Waals surface area contributed by atoms with Gasteiger partial charge in [0.25, 0.3) is 5.56 Å². The molecule has 0 aliphatic rings. The Kier molecular flexibility index (Phi) is 6.11. The van der Waals surface area contributed by atoms with Gasteiger partial charge < -0.3 is 9.15 Å². The Morgan fingerprint density at radius 1 is 1.15 bits per heavy atom. The number of hydrogen-bond acceptors (Lipinski definition) is 8. The van der Waals surface area contributed by atoms with Crippen molar-refractivity contribution < 1.29 is 9.15 Å². The van der Waals surface area contributed by atoms with Crippen LogP contribution < -0.4 is 10.3 Å². The molecule has 0 fully saturated rings. The standard InChI is InChI=1S/C24H20N4O3S3/c1-14-18(25-21(31-14)15-8-5-4-6-9-15)13-33-23-26-20-19(22(29)27(23)2)34-24(32)28(20)16-10-7-11-17(12-16)30-3/h4-12H,13H2,1-3H3. The molecule has 3 heterocycles. The van der Waals surface area contributed by atoms with Gasteiger partial charge in [-0.3, -0.25) is 13.9 Å². The number of rotatable bonds is 6. The molecule has 0 N–H and O–H groups in total. The molecular weight excluding hydrogens is 488 g/mol. The molecule has 2 aromatic carbocycles. The lowest BCUT2D eigenvalue weighted by atomic mass is 10.2. The average Bonchev–Trinajstić information content (AvgIpc) is 3.40. The molecule has 0 bridgehead atoms.